The first-order chi connectivity index (χ1) is 9.95. The molecule has 4 heteroatoms. The van der Waals surface area contributed by atoms with E-state index in [2.05, 4.69) is 54.9 Å². The second kappa shape index (κ2) is 5.53. The maximum absolute atomic E-state index is 6.04. The summed E-state index contributed by atoms with van der Waals surface area (Å²) in [7, 11) is 0. The third kappa shape index (κ3) is 2.49. The molecule has 0 spiro atoms. The van der Waals surface area contributed by atoms with Gasteiger partial charge in [-0.25, -0.2) is 0 Å². The van der Waals surface area contributed by atoms with E-state index in [1.54, 1.807) is 11.3 Å². The molecule has 0 fully saturated rings. The summed E-state index contributed by atoms with van der Waals surface area (Å²) in [5.41, 5.74) is 3.92. The van der Waals surface area contributed by atoms with Gasteiger partial charge in [0.1, 0.15) is 0 Å². The molecule has 1 nitrogen and oxygen atoms in total. The first kappa shape index (κ1) is 15.3. The van der Waals surface area contributed by atoms with Crippen molar-refractivity contribution in [3.8, 4) is 0 Å². The van der Waals surface area contributed by atoms with Gasteiger partial charge in [0.15, 0.2) is 0 Å². The molecule has 1 unspecified atom stereocenters. The Morgan fingerprint density at radius 1 is 1.29 bits per heavy atom. The van der Waals surface area contributed by atoms with Crippen LogP contribution in [-0.4, -0.2) is 12.3 Å². The van der Waals surface area contributed by atoms with Crippen molar-refractivity contribution in [2.45, 2.75) is 26.7 Å². The topological polar surface area (TPSA) is 12.4 Å². The van der Waals surface area contributed by atoms with Crippen LogP contribution in [0, 0.1) is 5.41 Å². The van der Waals surface area contributed by atoms with E-state index in [4.69, 9.17) is 16.6 Å². The molecule has 110 valence electrons. The number of hydrogen-bond donors (Lipinski definition) is 0. The highest BCUT2D eigenvalue weighted by Crippen LogP contribution is 2.54. The predicted octanol–water partition coefficient (Wildman–Crippen LogP) is 6.14. The summed E-state index contributed by atoms with van der Waals surface area (Å²) in [5, 5.41) is 0.781. The van der Waals surface area contributed by atoms with Gasteiger partial charge < -0.3 is 0 Å². The molecule has 1 atom stereocenters. The average molecular weight is 383 g/mol. The molecule has 1 aromatic carbocycles. The van der Waals surface area contributed by atoms with Gasteiger partial charge in [0.05, 0.1) is 14.4 Å². The van der Waals surface area contributed by atoms with E-state index >= 15 is 0 Å². The summed E-state index contributed by atoms with van der Waals surface area (Å²) in [6.45, 7) is 7.50. The van der Waals surface area contributed by atoms with E-state index < -0.39 is 0 Å². The van der Waals surface area contributed by atoms with Crippen LogP contribution in [0.15, 0.2) is 39.1 Å². The molecule has 0 radical (unpaired) electrons. The summed E-state index contributed by atoms with van der Waals surface area (Å²) in [6, 6.07) is 10.5. The minimum atomic E-state index is 0.00566. The highest BCUT2D eigenvalue weighted by atomic mass is 79.9. The van der Waals surface area contributed by atoms with Crippen molar-refractivity contribution in [1.82, 2.24) is 0 Å². The molecule has 3 rings (SSSR count). The van der Waals surface area contributed by atoms with E-state index in [0.717, 1.165) is 11.6 Å². The molecule has 1 aliphatic rings. The standard InChI is InChI=1S/C17H17BrClNS/c1-4-20-16-15-12(9-13(18)21-15)14(17(16,2)3)10-5-7-11(19)8-6-10/h5-9,14H,4H2,1-3H3. The molecule has 0 amide bonds. The number of benzene rings is 1. The van der Waals surface area contributed by atoms with Crippen molar-refractivity contribution < 1.29 is 0 Å². The first-order valence-electron chi connectivity index (χ1n) is 7.05. The Hall–Kier alpha value is -0.640. The van der Waals surface area contributed by atoms with Gasteiger partial charge in [-0.3, -0.25) is 4.99 Å². The van der Waals surface area contributed by atoms with Crippen molar-refractivity contribution in [2.75, 3.05) is 6.54 Å². The molecule has 0 saturated carbocycles. The number of thiophene rings is 1. The molecule has 1 aliphatic carbocycles. The second-order valence-electron chi connectivity index (χ2n) is 5.86. The molecule has 0 bridgehead atoms. The van der Waals surface area contributed by atoms with Crippen LogP contribution in [-0.2, 0) is 0 Å². The quantitative estimate of drug-likeness (QED) is 0.591. The molecular formula is C17H17BrClNS. The van der Waals surface area contributed by atoms with Gasteiger partial charge in [0, 0.05) is 22.9 Å². The maximum Gasteiger partial charge on any atom is 0.0708 e. The molecule has 0 saturated heterocycles. The smallest absolute Gasteiger partial charge is 0.0708 e. The highest BCUT2D eigenvalue weighted by molar-refractivity contribution is 9.11. The van der Waals surface area contributed by atoms with Gasteiger partial charge >= 0.3 is 0 Å². The van der Waals surface area contributed by atoms with Crippen molar-refractivity contribution in [3.63, 3.8) is 0 Å². The van der Waals surface area contributed by atoms with Gasteiger partial charge in [-0.1, -0.05) is 37.6 Å². The zero-order chi connectivity index (χ0) is 15.2. The Morgan fingerprint density at radius 3 is 2.57 bits per heavy atom. The van der Waals surface area contributed by atoms with Gasteiger partial charge in [0.25, 0.3) is 0 Å². The fourth-order valence-corrected chi connectivity index (χ4v) is 5.23. The van der Waals surface area contributed by atoms with E-state index in [1.807, 2.05) is 12.1 Å². The predicted molar refractivity (Wildman–Crippen MR) is 96.2 cm³/mol. The number of nitrogens with zero attached hydrogens (tertiary/aromatic N) is 1. The molecule has 1 aromatic heterocycles. The number of rotatable bonds is 2. The first-order valence-corrected chi connectivity index (χ1v) is 9.04. The zero-order valence-electron chi connectivity index (χ0n) is 12.3. The number of aliphatic imine (C=N–C) groups is 1. The summed E-state index contributed by atoms with van der Waals surface area (Å²) in [6.07, 6.45) is 0. The summed E-state index contributed by atoms with van der Waals surface area (Å²) in [5.74, 6) is 0.331. The fourth-order valence-electron chi connectivity index (χ4n) is 3.28. The normalized spacial score (nSPS) is 21.8. The van der Waals surface area contributed by atoms with Crippen LogP contribution in [0.2, 0.25) is 5.02 Å². The van der Waals surface area contributed by atoms with Crippen LogP contribution in [0.1, 0.15) is 42.7 Å². The van der Waals surface area contributed by atoms with E-state index in [9.17, 15) is 0 Å². The molecule has 21 heavy (non-hydrogen) atoms. The van der Waals surface area contributed by atoms with Crippen molar-refractivity contribution in [2.24, 2.45) is 10.4 Å². The number of hydrogen-bond acceptors (Lipinski definition) is 2. The highest BCUT2D eigenvalue weighted by Gasteiger charge is 2.46. The van der Waals surface area contributed by atoms with Crippen LogP contribution in [0.25, 0.3) is 0 Å². The lowest BCUT2D eigenvalue weighted by atomic mass is 9.75. The van der Waals surface area contributed by atoms with Gasteiger partial charge in [-0.05, 0) is 52.2 Å². The minimum absolute atomic E-state index is 0.00566. The third-order valence-corrected chi connectivity index (χ3v) is 6.02. The fraction of sp³-hybridized carbons (Fsp3) is 0.353. The summed E-state index contributed by atoms with van der Waals surface area (Å²) in [4.78, 5) is 6.13. The molecule has 0 N–H and O–H groups in total. The van der Waals surface area contributed by atoms with Crippen LogP contribution >= 0.6 is 38.9 Å². The second-order valence-corrected chi connectivity index (χ2v) is 8.73. The van der Waals surface area contributed by atoms with Crippen molar-refractivity contribution in [1.29, 1.82) is 0 Å². The lowest BCUT2D eigenvalue weighted by molar-refractivity contribution is 0.473. The van der Waals surface area contributed by atoms with Gasteiger partial charge in [-0.15, -0.1) is 11.3 Å². The van der Waals surface area contributed by atoms with Crippen molar-refractivity contribution >= 4 is 44.6 Å². The Labute approximate surface area is 143 Å². The van der Waals surface area contributed by atoms with Gasteiger partial charge in [0.2, 0.25) is 0 Å². The Kier molecular flexibility index (Phi) is 4.02. The Morgan fingerprint density at radius 2 is 1.95 bits per heavy atom. The Bertz CT molecular complexity index is 700. The third-order valence-electron chi connectivity index (χ3n) is 4.11. The number of fused-ring (bicyclic) bond motifs is 1. The minimum Gasteiger partial charge on any atom is -0.288 e. The molecular weight excluding hydrogens is 366 g/mol. The SMILES string of the molecule is CCN=C1c2sc(Br)cc2C(c2ccc(Cl)cc2)C1(C)C. The van der Waals surface area contributed by atoms with Crippen LogP contribution in [0.5, 0.6) is 0 Å². The lowest BCUT2D eigenvalue weighted by Crippen LogP contribution is -2.26. The average Bonchev–Trinajstić information content (AvgIpc) is 2.86. The monoisotopic (exact) mass is 381 g/mol. The molecule has 2 aromatic rings. The van der Waals surface area contributed by atoms with E-state index in [1.165, 1.54) is 25.5 Å². The summed E-state index contributed by atoms with van der Waals surface area (Å²) >= 11 is 11.5. The molecule has 0 aliphatic heterocycles. The van der Waals surface area contributed by atoms with Crippen LogP contribution < -0.4 is 0 Å². The largest absolute Gasteiger partial charge is 0.288 e. The summed E-state index contributed by atoms with van der Waals surface area (Å²) < 4.78 is 1.17. The zero-order valence-corrected chi connectivity index (χ0v) is 15.4. The van der Waals surface area contributed by atoms with Crippen LogP contribution in [0.3, 0.4) is 0 Å². The van der Waals surface area contributed by atoms with Crippen molar-refractivity contribution in [3.05, 3.63) is 55.1 Å². The van der Waals surface area contributed by atoms with E-state index in [0.29, 0.717) is 5.92 Å². The number of halogens is 2. The Balaban J connectivity index is 2.19. The lowest BCUT2D eigenvalue weighted by Gasteiger charge is -2.29. The molecule has 1 heterocycles. The van der Waals surface area contributed by atoms with E-state index in [-0.39, 0.29) is 5.41 Å². The van der Waals surface area contributed by atoms with Gasteiger partial charge in [-0.2, -0.15) is 0 Å². The maximum atomic E-state index is 6.04. The van der Waals surface area contributed by atoms with Crippen LogP contribution in [0.4, 0.5) is 0 Å².